The number of anilines is 1. The summed E-state index contributed by atoms with van der Waals surface area (Å²) in [6, 6.07) is 5.83. The third kappa shape index (κ3) is 6.64. The number of amides is 3. The first-order valence-electron chi connectivity index (χ1n) is 10.0. The van der Waals surface area contributed by atoms with Crippen LogP contribution in [0.3, 0.4) is 0 Å². The molecular weight excluding hydrogens is 444 g/mol. The Morgan fingerprint density at radius 3 is 2.32 bits per heavy atom. The van der Waals surface area contributed by atoms with Crippen LogP contribution in [-0.4, -0.2) is 48.6 Å². The molecule has 0 radical (unpaired) electrons. The maximum absolute atomic E-state index is 12.3. The first-order chi connectivity index (χ1) is 13.5. The predicted molar refractivity (Wildman–Crippen MR) is 116 cm³/mol. The van der Waals surface area contributed by atoms with Gasteiger partial charge in [-0.05, 0) is 43.9 Å². The van der Waals surface area contributed by atoms with Crippen LogP contribution in [0, 0.1) is 0 Å². The monoisotopic (exact) mass is 470 g/mol. The van der Waals surface area contributed by atoms with Gasteiger partial charge in [-0.15, -0.1) is 0 Å². The number of rotatable bonds is 5. The van der Waals surface area contributed by atoms with Crippen LogP contribution in [0.5, 0.6) is 0 Å². The predicted octanol–water partition coefficient (Wildman–Crippen LogP) is 4.14. The summed E-state index contributed by atoms with van der Waals surface area (Å²) >= 11 is 9.50. The van der Waals surface area contributed by atoms with Crippen LogP contribution >= 0.6 is 27.5 Å². The number of hydrogen-bond donors (Lipinski definition) is 3. The van der Waals surface area contributed by atoms with Crippen molar-refractivity contribution in [3.63, 3.8) is 0 Å². The third-order valence-corrected chi connectivity index (χ3v) is 6.24. The molecule has 0 aromatic heterocycles. The van der Waals surface area contributed by atoms with E-state index in [2.05, 4.69) is 36.8 Å². The van der Waals surface area contributed by atoms with Crippen LogP contribution in [0.25, 0.3) is 0 Å². The van der Waals surface area contributed by atoms with E-state index in [9.17, 15) is 9.59 Å². The van der Waals surface area contributed by atoms with E-state index in [0.717, 1.165) is 43.2 Å². The number of nitrogens with one attached hydrogen (secondary N) is 3. The van der Waals surface area contributed by atoms with E-state index in [1.54, 1.807) is 12.1 Å². The van der Waals surface area contributed by atoms with Crippen LogP contribution in [0.15, 0.2) is 22.7 Å². The first-order valence-corrected chi connectivity index (χ1v) is 11.2. The van der Waals surface area contributed by atoms with E-state index in [1.165, 1.54) is 19.3 Å². The lowest BCUT2D eigenvalue weighted by Crippen LogP contribution is -2.51. The molecule has 3 amide bonds. The molecule has 0 spiro atoms. The van der Waals surface area contributed by atoms with Crippen molar-refractivity contribution in [1.29, 1.82) is 0 Å². The van der Waals surface area contributed by atoms with Crippen molar-refractivity contribution in [2.45, 2.75) is 57.0 Å². The number of nitrogens with zero attached hydrogens (tertiary/aromatic N) is 1. The molecule has 1 saturated heterocycles. The van der Waals surface area contributed by atoms with E-state index in [0.29, 0.717) is 23.3 Å². The molecule has 1 aliphatic carbocycles. The molecule has 0 unspecified atom stereocenters. The van der Waals surface area contributed by atoms with Gasteiger partial charge in [0.15, 0.2) is 0 Å². The van der Waals surface area contributed by atoms with Crippen LogP contribution in [-0.2, 0) is 4.79 Å². The highest BCUT2D eigenvalue weighted by Crippen LogP contribution is 2.25. The van der Waals surface area contributed by atoms with Crippen LogP contribution in [0.2, 0.25) is 5.02 Å². The van der Waals surface area contributed by atoms with Gasteiger partial charge in [-0.3, -0.25) is 9.69 Å². The summed E-state index contributed by atoms with van der Waals surface area (Å²) in [5.74, 6) is -0.0781. The van der Waals surface area contributed by atoms with Gasteiger partial charge < -0.3 is 16.0 Å². The fraction of sp³-hybridized carbons (Fsp3) is 0.600. The second kappa shape index (κ2) is 10.5. The Balaban J connectivity index is 1.36. The zero-order valence-electron chi connectivity index (χ0n) is 16.0. The molecule has 8 heteroatoms. The topological polar surface area (TPSA) is 73.5 Å². The van der Waals surface area contributed by atoms with Gasteiger partial charge in [0.25, 0.3) is 0 Å². The van der Waals surface area contributed by atoms with Crippen molar-refractivity contribution >= 4 is 45.2 Å². The molecule has 3 rings (SSSR count). The minimum atomic E-state index is -0.0781. The summed E-state index contributed by atoms with van der Waals surface area (Å²) in [6.07, 6.45) is 7.56. The van der Waals surface area contributed by atoms with Crippen molar-refractivity contribution < 1.29 is 9.59 Å². The molecule has 1 aromatic carbocycles. The van der Waals surface area contributed by atoms with Crippen molar-refractivity contribution in [3.05, 3.63) is 27.7 Å². The van der Waals surface area contributed by atoms with Crippen LogP contribution in [0.1, 0.15) is 44.9 Å². The average Bonchev–Trinajstić information content (AvgIpc) is 2.66. The first kappa shape index (κ1) is 21.4. The maximum Gasteiger partial charge on any atom is 0.315 e. The molecular formula is C20H28BrClN4O2. The van der Waals surface area contributed by atoms with E-state index in [-0.39, 0.29) is 18.0 Å². The Morgan fingerprint density at radius 1 is 1.04 bits per heavy atom. The van der Waals surface area contributed by atoms with Gasteiger partial charge in [-0.25, -0.2) is 4.79 Å². The lowest BCUT2D eigenvalue weighted by molar-refractivity contribution is -0.117. The van der Waals surface area contributed by atoms with Gasteiger partial charge in [0.2, 0.25) is 5.91 Å². The smallest absolute Gasteiger partial charge is 0.315 e. The Labute approximate surface area is 179 Å². The van der Waals surface area contributed by atoms with Crippen molar-refractivity contribution in [3.8, 4) is 0 Å². The number of likely N-dealkylation sites (tertiary alicyclic amines) is 1. The molecule has 2 aliphatic rings. The maximum atomic E-state index is 12.3. The van der Waals surface area contributed by atoms with Crippen molar-refractivity contribution in [1.82, 2.24) is 15.5 Å². The number of piperidine rings is 1. The minimum Gasteiger partial charge on any atom is -0.335 e. The lowest BCUT2D eigenvalue weighted by Gasteiger charge is -2.32. The molecule has 6 nitrogen and oxygen atoms in total. The number of benzene rings is 1. The zero-order valence-corrected chi connectivity index (χ0v) is 18.3. The average molecular weight is 472 g/mol. The molecule has 0 atom stereocenters. The number of carbonyl (C=O) groups is 2. The summed E-state index contributed by atoms with van der Waals surface area (Å²) in [4.78, 5) is 26.6. The summed E-state index contributed by atoms with van der Waals surface area (Å²) in [5.41, 5.74) is 0.616. The van der Waals surface area contributed by atoms with Gasteiger partial charge >= 0.3 is 6.03 Å². The third-order valence-electron chi connectivity index (χ3n) is 5.44. The second-order valence-electron chi connectivity index (χ2n) is 7.68. The quantitative estimate of drug-likeness (QED) is 0.604. The van der Waals surface area contributed by atoms with E-state index in [4.69, 9.17) is 11.6 Å². The molecule has 154 valence electrons. The Hall–Kier alpha value is -1.31. The van der Waals surface area contributed by atoms with Gasteiger partial charge in [-0.1, -0.05) is 46.8 Å². The van der Waals surface area contributed by atoms with E-state index < -0.39 is 0 Å². The normalized spacial score (nSPS) is 19.2. The number of carbonyl (C=O) groups excluding carboxylic acids is 2. The summed E-state index contributed by atoms with van der Waals surface area (Å²) < 4.78 is 0.873. The number of halogens is 2. The standard InChI is InChI=1S/C20H28BrClN4O2/c21-14-6-7-18(17(22)12-14)25-19(27)13-26-10-8-16(9-11-26)24-20(28)23-15-4-2-1-3-5-15/h6-7,12,15-16H,1-5,8-11,13H2,(H,25,27)(H2,23,24,28). The molecule has 1 heterocycles. The molecule has 1 saturated carbocycles. The van der Waals surface area contributed by atoms with Crippen molar-refractivity contribution in [2.75, 3.05) is 25.0 Å². The summed E-state index contributed by atoms with van der Waals surface area (Å²) in [6.45, 7) is 1.90. The SMILES string of the molecule is O=C(CN1CCC(NC(=O)NC2CCCCC2)CC1)Nc1ccc(Br)cc1Cl. The minimum absolute atomic E-state index is 0.0482. The summed E-state index contributed by atoms with van der Waals surface area (Å²) in [7, 11) is 0. The zero-order chi connectivity index (χ0) is 19.9. The molecule has 2 fully saturated rings. The molecule has 1 aliphatic heterocycles. The summed E-state index contributed by atoms with van der Waals surface area (Å²) in [5, 5.41) is 9.57. The molecule has 3 N–H and O–H groups in total. The largest absolute Gasteiger partial charge is 0.335 e. The van der Waals surface area contributed by atoms with Crippen molar-refractivity contribution in [2.24, 2.45) is 0 Å². The Kier molecular flexibility index (Phi) is 8.00. The number of urea groups is 1. The molecule has 28 heavy (non-hydrogen) atoms. The fourth-order valence-electron chi connectivity index (χ4n) is 3.88. The highest BCUT2D eigenvalue weighted by Gasteiger charge is 2.23. The highest BCUT2D eigenvalue weighted by atomic mass is 79.9. The van der Waals surface area contributed by atoms with E-state index >= 15 is 0 Å². The number of hydrogen-bond acceptors (Lipinski definition) is 3. The fourth-order valence-corrected chi connectivity index (χ4v) is 4.60. The Bertz CT molecular complexity index is 689. The van der Waals surface area contributed by atoms with Gasteiger partial charge in [0, 0.05) is 29.6 Å². The van der Waals surface area contributed by atoms with Crippen LogP contribution in [0.4, 0.5) is 10.5 Å². The van der Waals surface area contributed by atoms with Gasteiger partial charge in [0.05, 0.1) is 17.3 Å². The lowest BCUT2D eigenvalue weighted by atomic mass is 9.96. The van der Waals surface area contributed by atoms with Crippen LogP contribution < -0.4 is 16.0 Å². The highest BCUT2D eigenvalue weighted by molar-refractivity contribution is 9.10. The molecule has 0 bridgehead atoms. The van der Waals surface area contributed by atoms with Gasteiger partial charge in [-0.2, -0.15) is 0 Å². The van der Waals surface area contributed by atoms with Gasteiger partial charge in [0.1, 0.15) is 0 Å². The second-order valence-corrected chi connectivity index (χ2v) is 9.00. The molecule has 1 aromatic rings. The van der Waals surface area contributed by atoms with E-state index in [1.807, 2.05) is 6.07 Å². The Morgan fingerprint density at radius 2 is 1.68 bits per heavy atom.